The van der Waals surface area contributed by atoms with E-state index >= 15 is 0 Å². The molecule has 0 aliphatic rings. The van der Waals surface area contributed by atoms with Crippen LogP contribution in [0.15, 0.2) is 28.8 Å². The van der Waals surface area contributed by atoms with Crippen LogP contribution in [0, 0.1) is 13.8 Å². The standard InChI is InChI=1S/C19H19N5O5S/c1-4-28-18(27)15-10(2)21-19(30-15)23-14(25)9-20-17(26)13-7-5-6-12(8-13)16-22-11(3)29-24-16/h5-8H,4,9H2,1-3H3,(H,20,26)(H,21,23,25). The van der Waals surface area contributed by atoms with Gasteiger partial charge in [0, 0.05) is 18.1 Å². The number of nitrogens with one attached hydrogen (secondary N) is 2. The maximum absolute atomic E-state index is 12.4. The van der Waals surface area contributed by atoms with E-state index in [0.29, 0.717) is 33.4 Å². The van der Waals surface area contributed by atoms with Crippen LogP contribution in [0.5, 0.6) is 0 Å². The zero-order chi connectivity index (χ0) is 21.7. The van der Waals surface area contributed by atoms with Gasteiger partial charge in [-0.2, -0.15) is 4.98 Å². The third-order valence-corrected chi connectivity index (χ3v) is 4.88. The Balaban J connectivity index is 1.58. The van der Waals surface area contributed by atoms with E-state index in [-0.39, 0.29) is 18.3 Å². The molecule has 11 heteroatoms. The summed E-state index contributed by atoms with van der Waals surface area (Å²) in [5, 5.41) is 9.17. The van der Waals surface area contributed by atoms with Gasteiger partial charge in [0.05, 0.1) is 18.8 Å². The van der Waals surface area contributed by atoms with Crippen LogP contribution in [-0.4, -0.2) is 46.1 Å². The molecule has 2 N–H and O–H groups in total. The molecule has 0 bridgehead atoms. The maximum Gasteiger partial charge on any atom is 0.350 e. The zero-order valence-corrected chi connectivity index (χ0v) is 17.3. The highest BCUT2D eigenvalue weighted by Crippen LogP contribution is 2.23. The Kier molecular flexibility index (Phi) is 6.52. The van der Waals surface area contributed by atoms with E-state index in [1.165, 1.54) is 0 Å². The molecule has 0 aliphatic heterocycles. The number of esters is 1. The fourth-order valence-corrected chi connectivity index (χ4v) is 3.35. The minimum Gasteiger partial charge on any atom is -0.462 e. The molecule has 3 rings (SSSR count). The van der Waals surface area contributed by atoms with Gasteiger partial charge in [0.15, 0.2) is 5.13 Å². The summed E-state index contributed by atoms with van der Waals surface area (Å²) < 4.78 is 9.89. The van der Waals surface area contributed by atoms with Gasteiger partial charge in [0.2, 0.25) is 17.6 Å². The Morgan fingerprint density at radius 1 is 1.20 bits per heavy atom. The third-order valence-electron chi connectivity index (χ3n) is 3.82. The lowest BCUT2D eigenvalue weighted by molar-refractivity contribution is -0.115. The number of ether oxygens (including phenoxy) is 1. The van der Waals surface area contributed by atoms with Crippen molar-refractivity contribution in [1.29, 1.82) is 0 Å². The SMILES string of the molecule is CCOC(=O)c1sc(NC(=O)CNC(=O)c2cccc(-c3noc(C)n3)c2)nc1C. The molecule has 2 aromatic heterocycles. The first-order valence-electron chi connectivity index (χ1n) is 9.00. The Hall–Kier alpha value is -3.60. The lowest BCUT2D eigenvalue weighted by atomic mass is 10.1. The molecule has 0 fully saturated rings. The van der Waals surface area contributed by atoms with Crippen molar-refractivity contribution in [1.82, 2.24) is 20.4 Å². The first-order chi connectivity index (χ1) is 14.4. The number of nitrogens with zero attached hydrogens (tertiary/aromatic N) is 3. The van der Waals surface area contributed by atoms with Gasteiger partial charge in [-0.3, -0.25) is 9.59 Å². The van der Waals surface area contributed by atoms with Crippen LogP contribution in [-0.2, 0) is 9.53 Å². The van der Waals surface area contributed by atoms with Gasteiger partial charge in [0.1, 0.15) is 4.88 Å². The molecule has 10 nitrogen and oxygen atoms in total. The molecule has 0 spiro atoms. The number of carbonyl (C=O) groups excluding carboxylic acids is 3. The molecular weight excluding hydrogens is 410 g/mol. The van der Waals surface area contributed by atoms with E-state index in [9.17, 15) is 14.4 Å². The summed E-state index contributed by atoms with van der Waals surface area (Å²) in [7, 11) is 0. The number of rotatable bonds is 7. The molecule has 0 unspecified atom stereocenters. The summed E-state index contributed by atoms with van der Waals surface area (Å²) in [6.07, 6.45) is 0. The van der Waals surface area contributed by atoms with E-state index in [1.54, 1.807) is 45.0 Å². The normalized spacial score (nSPS) is 10.5. The predicted molar refractivity (Wildman–Crippen MR) is 108 cm³/mol. The highest BCUT2D eigenvalue weighted by molar-refractivity contribution is 7.17. The molecular formula is C19H19N5O5S. The van der Waals surface area contributed by atoms with Crippen molar-refractivity contribution in [3.63, 3.8) is 0 Å². The van der Waals surface area contributed by atoms with Crippen molar-refractivity contribution in [2.45, 2.75) is 20.8 Å². The topological polar surface area (TPSA) is 136 Å². The number of aromatic nitrogens is 3. The molecule has 2 amide bonds. The van der Waals surface area contributed by atoms with E-state index in [2.05, 4.69) is 25.8 Å². The number of anilines is 1. The van der Waals surface area contributed by atoms with Crippen molar-refractivity contribution < 1.29 is 23.6 Å². The number of hydrogen-bond acceptors (Lipinski definition) is 9. The van der Waals surface area contributed by atoms with Crippen molar-refractivity contribution in [2.24, 2.45) is 0 Å². The fraction of sp³-hybridized carbons (Fsp3) is 0.263. The van der Waals surface area contributed by atoms with Crippen LogP contribution in [0.3, 0.4) is 0 Å². The predicted octanol–water partition coefficient (Wildman–Crippen LogP) is 2.36. The minimum atomic E-state index is -0.488. The van der Waals surface area contributed by atoms with Crippen LogP contribution in [0.1, 0.15) is 38.5 Å². The van der Waals surface area contributed by atoms with Gasteiger partial charge in [-0.05, 0) is 26.0 Å². The van der Waals surface area contributed by atoms with Gasteiger partial charge in [-0.15, -0.1) is 0 Å². The molecule has 2 heterocycles. The van der Waals surface area contributed by atoms with Crippen LogP contribution < -0.4 is 10.6 Å². The minimum absolute atomic E-state index is 0.247. The Bertz CT molecular complexity index is 1090. The molecule has 0 saturated heterocycles. The van der Waals surface area contributed by atoms with Gasteiger partial charge in [0.25, 0.3) is 5.91 Å². The van der Waals surface area contributed by atoms with E-state index in [4.69, 9.17) is 9.26 Å². The number of aryl methyl sites for hydroxylation is 2. The monoisotopic (exact) mass is 429 g/mol. The zero-order valence-electron chi connectivity index (χ0n) is 16.5. The average molecular weight is 429 g/mol. The number of thiazole rings is 1. The van der Waals surface area contributed by atoms with Crippen molar-refractivity contribution in [2.75, 3.05) is 18.5 Å². The van der Waals surface area contributed by atoms with Crippen molar-refractivity contribution in [3.8, 4) is 11.4 Å². The Morgan fingerprint density at radius 3 is 2.70 bits per heavy atom. The second-order valence-corrected chi connectivity index (χ2v) is 7.10. The largest absolute Gasteiger partial charge is 0.462 e. The van der Waals surface area contributed by atoms with Crippen molar-refractivity contribution in [3.05, 3.63) is 46.3 Å². The van der Waals surface area contributed by atoms with Gasteiger partial charge in [-0.1, -0.05) is 28.6 Å². The van der Waals surface area contributed by atoms with Crippen LogP contribution in [0.4, 0.5) is 5.13 Å². The summed E-state index contributed by atoms with van der Waals surface area (Å²) in [5.41, 5.74) is 1.43. The molecule has 30 heavy (non-hydrogen) atoms. The van der Waals surface area contributed by atoms with E-state index in [1.807, 2.05) is 0 Å². The average Bonchev–Trinajstić information content (AvgIpc) is 3.32. The van der Waals surface area contributed by atoms with Crippen LogP contribution in [0.2, 0.25) is 0 Å². The highest BCUT2D eigenvalue weighted by Gasteiger charge is 2.18. The molecule has 0 radical (unpaired) electrons. The Labute approximate surface area is 175 Å². The van der Waals surface area contributed by atoms with Gasteiger partial charge in [-0.25, -0.2) is 9.78 Å². The molecule has 1 aromatic carbocycles. The lowest BCUT2D eigenvalue weighted by Crippen LogP contribution is -2.32. The summed E-state index contributed by atoms with van der Waals surface area (Å²) in [5.74, 6) is -0.610. The summed E-state index contributed by atoms with van der Waals surface area (Å²) in [4.78, 5) is 44.9. The van der Waals surface area contributed by atoms with Crippen molar-refractivity contribution >= 4 is 34.3 Å². The second-order valence-electron chi connectivity index (χ2n) is 6.10. The number of amides is 2. The molecule has 3 aromatic rings. The smallest absolute Gasteiger partial charge is 0.350 e. The van der Waals surface area contributed by atoms with Gasteiger partial charge >= 0.3 is 5.97 Å². The number of benzene rings is 1. The molecule has 156 valence electrons. The summed E-state index contributed by atoms with van der Waals surface area (Å²) >= 11 is 1.01. The quantitative estimate of drug-likeness (QED) is 0.546. The number of carbonyl (C=O) groups is 3. The maximum atomic E-state index is 12.4. The summed E-state index contributed by atoms with van der Waals surface area (Å²) in [6, 6.07) is 6.65. The summed E-state index contributed by atoms with van der Waals surface area (Å²) in [6.45, 7) is 5.01. The Morgan fingerprint density at radius 2 is 2.00 bits per heavy atom. The highest BCUT2D eigenvalue weighted by atomic mass is 32.1. The fourth-order valence-electron chi connectivity index (χ4n) is 2.48. The van der Waals surface area contributed by atoms with E-state index in [0.717, 1.165) is 11.3 Å². The van der Waals surface area contributed by atoms with Crippen LogP contribution in [0.25, 0.3) is 11.4 Å². The van der Waals surface area contributed by atoms with Crippen LogP contribution >= 0.6 is 11.3 Å². The lowest BCUT2D eigenvalue weighted by Gasteiger charge is -2.06. The van der Waals surface area contributed by atoms with Gasteiger partial charge < -0.3 is 19.9 Å². The molecule has 0 atom stereocenters. The first-order valence-corrected chi connectivity index (χ1v) is 9.82. The second kappa shape index (κ2) is 9.27. The van der Waals surface area contributed by atoms with E-state index < -0.39 is 17.8 Å². The molecule has 0 aliphatic carbocycles. The first kappa shape index (κ1) is 21.1. The molecule has 0 saturated carbocycles. The number of hydrogen-bond donors (Lipinski definition) is 2. The third kappa shape index (κ3) is 5.06.